The van der Waals surface area contributed by atoms with Crippen LogP contribution >= 0.6 is 0 Å². The molecule has 1 aromatic carbocycles. The van der Waals surface area contributed by atoms with Crippen molar-refractivity contribution in [1.82, 2.24) is 5.32 Å². The Kier molecular flexibility index (Phi) is 4.38. The van der Waals surface area contributed by atoms with Gasteiger partial charge in [0.25, 0.3) is 0 Å². The number of likely N-dealkylation sites (N-methyl/N-ethyl adjacent to an activating group) is 1. The number of aliphatic hydroxyl groups is 2. The number of nitrogens with one attached hydrogen (secondary N) is 1. The monoisotopic (exact) mass is 242 g/mol. The lowest BCUT2D eigenvalue weighted by Gasteiger charge is -2.17. The van der Waals surface area contributed by atoms with Gasteiger partial charge in [0, 0.05) is 12.6 Å². The molecule has 0 heterocycles. The fourth-order valence-corrected chi connectivity index (χ4v) is 1.42. The zero-order valence-electron chi connectivity index (χ0n) is 9.20. The molecular weight excluding hydrogens is 228 g/mol. The van der Waals surface area contributed by atoms with Crippen molar-refractivity contribution >= 4 is 5.69 Å². The van der Waals surface area contributed by atoms with Crippen LogP contribution in [0.2, 0.25) is 0 Å². The highest BCUT2D eigenvalue weighted by atomic mass is 16.6. The summed E-state index contributed by atoms with van der Waals surface area (Å²) in [7, 11) is 1.61. The van der Waals surface area contributed by atoms with Crippen LogP contribution in [-0.4, -0.2) is 39.9 Å². The van der Waals surface area contributed by atoms with Crippen LogP contribution in [0.4, 0.5) is 5.69 Å². The van der Waals surface area contributed by atoms with Crippen molar-refractivity contribution in [3.63, 3.8) is 0 Å². The number of rotatable bonds is 5. The summed E-state index contributed by atoms with van der Waals surface area (Å²) in [6.07, 6.45) is -2.27. The average Bonchev–Trinajstić information content (AvgIpc) is 2.27. The first kappa shape index (κ1) is 13.4. The first-order chi connectivity index (χ1) is 7.97. The van der Waals surface area contributed by atoms with Gasteiger partial charge < -0.3 is 20.6 Å². The number of hydrogen-bond acceptors (Lipinski definition) is 6. The molecule has 0 aliphatic carbocycles. The summed E-state index contributed by atoms with van der Waals surface area (Å²) in [5, 5.41) is 41.7. The van der Waals surface area contributed by atoms with Crippen molar-refractivity contribution in [2.24, 2.45) is 0 Å². The van der Waals surface area contributed by atoms with Crippen LogP contribution in [0, 0.1) is 10.1 Å². The van der Waals surface area contributed by atoms with Crippen molar-refractivity contribution in [3.05, 3.63) is 33.9 Å². The lowest BCUT2D eigenvalue weighted by atomic mass is 10.0. The van der Waals surface area contributed by atoms with E-state index in [4.69, 9.17) is 0 Å². The van der Waals surface area contributed by atoms with Crippen molar-refractivity contribution in [1.29, 1.82) is 0 Å². The molecule has 1 aromatic rings. The van der Waals surface area contributed by atoms with E-state index in [0.717, 1.165) is 12.1 Å². The molecule has 0 spiro atoms. The lowest BCUT2D eigenvalue weighted by Crippen LogP contribution is -2.29. The Morgan fingerprint density at radius 1 is 1.47 bits per heavy atom. The summed E-state index contributed by atoms with van der Waals surface area (Å²) in [5.41, 5.74) is -0.222. The molecule has 0 fully saturated rings. The minimum atomic E-state index is -1.21. The summed E-state index contributed by atoms with van der Waals surface area (Å²) < 4.78 is 0. The molecule has 0 aromatic heterocycles. The number of benzene rings is 1. The average molecular weight is 242 g/mol. The van der Waals surface area contributed by atoms with Gasteiger partial charge in [0.15, 0.2) is 5.75 Å². The molecule has 4 N–H and O–H groups in total. The predicted octanol–water partition coefficient (Wildman–Crippen LogP) is -0.0859. The van der Waals surface area contributed by atoms with Gasteiger partial charge in [0.05, 0.1) is 11.0 Å². The minimum absolute atomic E-state index is 0.166. The number of nitro benzene ring substituents is 1. The topological polar surface area (TPSA) is 116 Å². The van der Waals surface area contributed by atoms with Crippen LogP contribution in [0.3, 0.4) is 0 Å². The number of aromatic hydroxyl groups is 1. The maximum absolute atomic E-state index is 10.5. The van der Waals surface area contributed by atoms with E-state index < -0.39 is 28.6 Å². The van der Waals surface area contributed by atoms with E-state index in [1.807, 2.05) is 0 Å². The van der Waals surface area contributed by atoms with E-state index in [2.05, 4.69) is 5.32 Å². The van der Waals surface area contributed by atoms with Crippen molar-refractivity contribution in [2.75, 3.05) is 13.6 Å². The molecular formula is C10H14N2O5. The zero-order valence-corrected chi connectivity index (χ0v) is 9.20. The summed E-state index contributed by atoms with van der Waals surface area (Å²) in [4.78, 5) is 9.74. The second-order valence-electron chi connectivity index (χ2n) is 3.58. The first-order valence-corrected chi connectivity index (χ1v) is 4.95. The van der Waals surface area contributed by atoms with Gasteiger partial charge in [-0.1, -0.05) is 0 Å². The van der Waals surface area contributed by atoms with Gasteiger partial charge in [0.1, 0.15) is 6.10 Å². The van der Waals surface area contributed by atoms with E-state index >= 15 is 0 Å². The van der Waals surface area contributed by atoms with Gasteiger partial charge in [-0.05, 0) is 24.7 Å². The third-order valence-corrected chi connectivity index (χ3v) is 2.32. The van der Waals surface area contributed by atoms with Crippen LogP contribution in [-0.2, 0) is 0 Å². The maximum atomic E-state index is 10.5. The summed E-state index contributed by atoms with van der Waals surface area (Å²) >= 11 is 0. The normalized spacial score (nSPS) is 14.3. The van der Waals surface area contributed by atoms with Crippen molar-refractivity contribution in [3.8, 4) is 5.75 Å². The summed E-state index contributed by atoms with van der Waals surface area (Å²) in [6, 6.07) is 3.45. The minimum Gasteiger partial charge on any atom is -0.502 e. The number of nitrogens with zero attached hydrogens (tertiary/aromatic N) is 1. The third-order valence-electron chi connectivity index (χ3n) is 2.32. The Balaban J connectivity index is 2.93. The van der Waals surface area contributed by atoms with Crippen LogP contribution in [0.25, 0.3) is 0 Å². The first-order valence-electron chi connectivity index (χ1n) is 4.95. The molecule has 2 unspecified atom stereocenters. The molecule has 0 aliphatic rings. The third kappa shape index (κ3) is 3.13. The molecule has 0 saturated heterocycles. The smallest absolute Gasteiger partial charge is 0.310 e. The molecule has 7 heteroatoms. The van der Waals surface area contributed by atoms with Crippen LogP contribution in [0.5, 0.6) is 5.75 Å². The Hall–Kier alpha value is -1.70. The Morgan fingerprint density at radius 2 is 2.12 bits per heavy atom. The van der Waals surface area contributed by atoms with Gasteiger partial charge in [-0.2, -0.15) is 0 Å². The predicted molar refractivity (Wildman–Crippen MR) is 59.7 cm³/mol. The fourth-order valence-electron chi connectivity index (χ4n) is 1.42. The van der Waals surface area contributed by atoms with Gasteiger partial charge in [-0.15, -0.1) is 0 Å². The highest BCUT2D eigenvalue weighted by Crippen LogP contribution is 2.29. The van der Waals surface area contributed by atoms with E-state index in [9.17, 15) is 25.4 Å². The van der Waals surface area contributed by atoms with Crippen molar-refractivity contribution in [2.45, 2.75) is 12.2 Å². The van der Waals surface area contributed by atoms with Gasteiger partial charge >= 0.3 is 5.69 Å². The van der Waals surface area contributed by atoms with E-state index in [1.54, 1.807) is 7.05 Å². The van der Waals surface area contributed by atoms with Crippen LogP contribution in [0.1, 0.15) is 11.7 Å². The molecule has 94 valence electrons. The van der Waals surface area contributed by atoms with Gasteiger partial charge in [-0.3, -0.25) is 10.1 Å². The van der Waals surface area contributed by atoms with Crippen LogP contribution in [0.15, 0.2) is 18.2 Å². The lowest BCUT2D eigenvalue weighted by molar-refractivity contribution is -0.385. The molecule has 17 heavy (non-hydrogen) atoms. The molecule has 0 saturated carbocycles. The quantitative estimate of drug-likeness (QED) is 0.423. The SMILES string of the molecule is CNCC(O)C(O)c1ccc([N+](=O)[O-])c(O)c1. The number of hydrogen-bond donors (Lipinski definition) is 4. The zero-order chi connectivity index (χ0) is 13.0. The maximum Gasteiger partial charge on any atom is 0.310 e. The number of nitro groups is 1. The second kappa shape index (κ2) is 5.58. The molecule has 1 rings (SSSR count). The highest BCUT2D eigenvalue weighted by molar-refractivity contribution is 5.47. The largest absolute Gasteiger partial charge is 0.502 e. The fraction of sp³-hybridized carbons (Fsp3) is 0.400. The Labute approximate surface area is 97.5 Å². The summed E-state index contributed by atoms with van der Waals surface area (Å²) in [5.74, 6) is -0.539. The van der Waals surface area contributed by atoms with E-state index in [1.165, 1.54) is 6.07 Å². The number of phenols is 1. The molecule has 0 radical (unpaired) electrons. The van der Waals surface area contributed by atoms with Gasteiger partial charge in [-0.25, -0.2) is 0 Å². The molecule has 0 bridgehead atoms. The molecule has 2 atom stereocenters. The van der Waals surface area contributed by atoms with Gasteiger partial charge in [0.2, 0.25) is 0 Å². The number of phenolic OH excluding ortho intramolecular Hbond substituents is 1. The van der Waals surface area contributed by atoms with Crippen molar-refractivity contribution < 1.29 is 20.2 Å². The number of aliphatic hydroxyl groups excluding tert-OH is 2. The van der Waals surface area contributed by atoms with Crippen LogP contribution < -0.4 is 5.32 Å². The second-order valence-corrected chi connectivity index (χ2v) is 3.58. The van der Waals surface area contributed by atoms with E-state index in [0.29, 0.717) is 0 Å². The highest BCUT2D eigenvalue weighted by Gasteiger charge is 2.21. The standard InChI is InChI=1S/C10H14N2O5/c1-11-5-9(14)10(15)6-2-3-7(12(16)17)8(13)4-6/h2-4,9-11,13-15H,5H2,1H3. The van der Waals surface area contributed by atoms with E-state index in [-0.39, 0.29) is 12.1 Å². The summed E-state index contributed by atoms with van der Waals surface area (Å²) in [6.45, 7) is 0.166. The molecule has 0 aliphatic heterocycles. The Morgan fingerprint density at radius 3 is 2.59 bits per heavy atom. The molecule has 0 amide bonds. The molecule has 7 nitrogen and oxygen atoms in total. The Bertz CT molecular complexity index is 410.